The van der Waals surface area contributed by atoms with Crippen molar-refractivity contribution in [2.75, 3.05) is 5.32 Å². The molecular formula is C32H46N2O4. The summed E-state index contributed by atoms with van der Waals surface area (Å²) in [5.41, 5.74) is 1.58. The van der Waals surface area contributed by atoms with Crippen molar-refractivity contribution in [3.8, 4) is 0 Å². The molecule has 7 unspecified atom stereocenters. The lowest BCUT2D eigenvalue weighted by molar-refractivity contribution is -0.232. The monoisotopic (exact) mass is 522 g/mol. The second-order valence-corrected chi connectivity index (χ2v) is 14.8. The predicted octanol–water partition coefficient (Wildman–Crippen LogP) is 6.48. The summed E-state index contributed by atoms with van der Waals surface area (Å²) >= 11 is 0. The molecule has 0 aliphatic heterocycles. The van der Waals surface area contributed by atoms with Gasteiger partial charge in [-0.05, 0) is 110 Å². The topological polar surface area (TPSA) is 92.4 Å². The van der Waals surface area contributed by atoms with Crippen LogP contribution in [0.15, 0.2) is 22.2 Å². The molecule has 5 aliphatic rings. The lowest BCUT2D eigenvalue weighted by Gasteiger charge is -2.71. The molecular weight excluding hydrogens is 476 g/mol. The molecule has 5 aliphatic carbocycles. The quantitative estimate of drug-likeness (QED) is 0.464. The van der Waals surface area contributed by atoms with E-state index in [-0.39, 0.29) is 45.5 Å². The summed E-state index contributed by atoms with van der Waals surface area (Å²) in [6.45, 7) is 13.4. The van der Waals surface area contributed by atoms with E-state index in [4.69, 9.17) is 4.52 Å². The molecule has 1 amide bonds. The minimum Gasteiger partial charge on any atom is -0.393 e. The summed E-state index contributed by atoms with van der Waals surface area (Å²) in [5.74, 6) is 1.93. The zero-order valence-corrected chi connectivity index (χ0v) is 24.1. The number of hydrogen-bond donors (Lipinski definition) is 2. The number of carbonyl (C=O) groups excluding carboxylic acids is 2. The fourth-order valence-electron chi connectivity index (χ4n) is 10.5. The standard InChI is InChI=1S/C32H46N2O4/c1-18-15-26(38-34-18)33-28(37)20-8-7-19-9-10-23-22(21(19)16-20)17-24(35)27-30(23,4)13-14-32(6)29(2,3)25(36)11-12-31(27,32)5/h15,17,19-21,23,25,27,36H,7-14,16H2,1-6H3,(H,33,37)/t19?,20?,21?,23?,25?,27?,30-,31+,32?/m0/s1. The number of aliphatic hydroxyl groups excluding tert-OH is 1. The van der Waals surface area contributed by atoms with Crippen molar-refractivity contribution >= 4 is 17.6 Å². The fraction of sp³-hybridized carbons (Fsp3) is 0.781. The van der Waals surface area contributed by atoms with Crippen LogP contribution >= 0.6 is 0 Å². The Hall–Kier alpha value is -1.95. The van der Waals surface area contributed by atoms with Crippen molar-refractivity contribution in [1.29, 1.82) is 0 Å². The van der Waals surface area contributed by atoms with E-state index in [2.05, 4.69) is 51.2 Å². The number of aromatic nitrogens is 1. The Morgan fingerprint density at radius 3 is 2.50 bits per heavy atom. The number of fused-ring (bicyclic) bond motifs is 7. The number of aliphatic hydroxyl groups is 1. The first-order valence-electron chi connectivity index (χ1n) is 15.0. The van der Waals surface area contributed by atoms with Crippen LogP contribution in [-0.2, 0) is 9.59 Å². The van der Waals surface area contributed by atoms with Crippen LogP contribution in [0.4, 0.5) is 5.88 Å². The highest BCUT2D eigenvalue weighted by Gasteiger charge is 2.70. The van der Waals surface area contributed by atoms with Gasteiger partial charge in [-0.2, -0.15) is 0 Å². The summed E-state index contributed by atoms with van der Waals surface area (Å²) < 4.78 is 5.23. The normalized spacial score (nSPS) is 45.7. The third kappa shape index (κ3) is 3.44. The number of nitrogens with one attached hydrogen (secondary N) is 1. The molecule has 6 heteroatoms. The number of hydrogen-bond acceptors (Lipinski definition) is 5. The molecule has 0 aromatic carbocycles. The van der Waals surface area contributed by atoms with Gasteiger partial charge in [0, 0.05) is 17.9 Å². The minimum atomic E-state index is -0.323. The Morgan fingerprint density at radius 1 is 1.05 bits per heavy atom. The number of amides is 1. The maximum atomic E-state index is 14.3. The van der Waals surface area contributed by atoms with Crippen LogP contribution in [0.5, 0.6) is 0 Å². The molecule has 6 rings (SSSR count). The van der Waals surface area contributed by atoms with Crippen molar-refractivity contribution < 1.29 is 19.2 Å². The zero-order chi connectivity index (χ0) is 27.3. The maximum Gasteiger partial charge on any atom is 0.231 e. The molecule has 0 bridgehead atoms. The summed E-state index contributed by atoms with van der Waals surface area (Å²) in [5, 5.41) is 17.9. The van der Waals surface area contributed by atoms with E-state index in [1.807, 2.05) is 6.92 Å². The van der Waals surface area contributed by atoms with Crippen molar-refractivity contribution in [2.45, 2.75) is 105 Å². The predicted molar refractivity (Wildman–Crippen MR) is 146 cm³/mol. The van der Waals surface area contributed by atoms with Gasteiger partial charge in [0.2, 0.25) is 11.8 Å². The van der Waals surface area contributed by atoms with Gasteiger partial charge in [0.1, 0.15) is 0 Å². The molecule has 38 heavy (non-hydrogen) atoms. The minimum absolute atomic E-state index is 0.0109. The molecule has 1 aromatic rings. The number of nitrogens with zero attached hydrogens (tertiary/aromatic N) is 1. The first-order valence-corrected chi connectivity index (χ1v) is 15.0. The number of aryl methyl sites for hydroxylation is 1. The van der Waals surface area contributed by atoms with Gasteiger partial charge in [0.25, 0.3) is 0 Å². The number of carbonyl (C=O) groups is 2. The highest BCUT2D eigenvalue weighted by Crippen LogP contribution is 2.74. The van der Waals surface area contributed by atoms with Gasteiger partial charge in [-0.15, -0.1) is 0 Å². The molecule has 0 radical (unpaired) electrons. The van der Waals surface area contributed by atoms with Crippen molar-refractivity contribution in [1.82, 2.24) is 5.16 Å². The number of rotatable bonds is 2. The largest absolute Gasteiger partial charge is 0.393 e. The summed E-state index contributed by atoms with van der Waals surface area (Å²) in [6, 6.07) is 1.76. The van der Waals surface area contributed by atoms with Crippen molar-refractivity contribution in [3.63, 3.8) is 0 Å². The second-order valence-electron chi connectivity index (χ2n) is 14.8. The maximum absolute atomic E-state index is 14.3. The van der Waals surface area contributed by atoms with E-state index >= 15 is 0 Å². The highest BCUT2D eigenvalue weighted by molar-refractivity contribution is 5.95. The van der Waals surface area contributed by atoms with Crippen LogP contribution in [-0.4, -0.2) is 28.1 Å². The average Bonchev–Trinajstić information content (AvgIpc) is 3.28. The number of allylic oxidation sites excluding steroid dienone is 2. The van der Waals surface area contributed by atoms with Crippen molar-refractivity contribution in [2.24, 2.45) is 51.2 Å². The second kappa shape index (κ2) is 8.52. The van der Waals surface area contributed by atoms with Crippen LogP contribution in [0.25, 0.3) is 0 Å². The molecule has 2 N–H and O–H groups in total. The summed E-state index contributed by atoms with van der Waals surface area (Å²) in [4.78, 5) is 27.5. The van der Waals surface area contributed by atoms with Crippen LogP contribution in [0.2, 0.25) is 0 Å². The molecule has 0 spiro atoms. The molecule has 208 valence electrons. The number of ketones is 1. The van der Waals surface area contributed by atoms with Crippen LogP contribution < -0.4 is 5.32 Å². The highest BCUT2D eigenvalue weighted by atomic mass is 16.5. The van der Waals surface area contributed by atoms with E-state index in [0.717, 1.165) is 57.1 Å². The van der Waals surface area contributed by atoms with Gasteiger partial charge in [0.15, 0.2) is 5.78 Å². The average molecular weight is 523 g/mol. The first-order chi connectivity index (χ1) is 17.8. The van der Waals surface area contributed by atoms with Gasteiger partial charge in [0.05, 0.1) is 11.8 Å². The van der Waals surface area contributed by atoms with Crippen LogP contribution in [0.3, 0.4) is 0 Å². The SMILES string of the molecule is Cc1cc(NC(=O)C2CCC3CCC4C(=CC(=O)C5[C@@]4(C)CCC4(C)C(C)(C)C(O)CC[C@]54C)C3C2)on1. The smallest absolute Gasteiger partial charge is 0.231 e. The third-order valence-corrected chi connectivity index (χ3v) is 13.2. The fourth-order valence-corrected chi connectivity index (χ4v) is 10.5. The van der Waals surface area contributed by atoms with E-state index in [1.165, 1.54) is 12.0 Å². The van der Waals surface area contributed by atoms with E-state index in [1.54, 1.807) is 6.07 Å². The van der Waals surface area contributed by atoms with Crippen LogP contribution in [0.1, 0.15) is 98.1 Å². The van der Waals surface area contributed by atoms with Gasteiger partial charge in [-0.25, -0.2) is 0 Å². The molecule has 4 saturated carbocycles. The Labute approximate surface area is 227 Å². The van der Waals surface area contributed by atoms with Gasteiger partial charge < -0.3 is 9.63 Å². The zero-order valence-electron chi connectivity index (χ0n) is 24.1. The van der Waals surface area contributed by atoms with Gasteiger partial charge >= 0.3 is 0 Å². The lowest BCUT2D eigenvalue weighted by Crippen LogP contribution is -2.68. The van der Waals surface area contributed by atoms with Crippen LogP contribution in [0, 0.1) is 58.2 Å². The summed E-state index contributed by atoms with van der Waals surface area (Å²) in [6.07, 6.45) is 10.6. The Bertz CT molecular complexity index is 1180. The number of anilines is 1. The Kier molecular flexibility index (Phi) is 5.89. The Morgan fingerprint density at radius 2 is 1.79 bits per heavy atom. The molecule has 4 fully saturated rings. The molecule has 0 saturated heterocycles. The lowest BCUT2D eigenvalue weighted by atomic mass is 9.33. The molecule has 9 atom stereocenters. The van der Waals surface area contributed by atoms with Gasteiger partial charge in [-0.1, -0.05) is 45.3 Å². The van der Waals surface area contributed by atoms with E-state index in [9.17, 15) is 14.7 Å². The third-order valence-electron chi connectivity index (χ3n) is 13.2. The Balaban J connectivity index is 1.31. The van der Waals surface area contributed by atoms with E-state index in [0.29, 0.717) is 29.4 Å². The molecule has 1 heterocycles. The summed E-state index contributed by atoms with van der Waals surface area (Å²) in [7, 11) is 0. The van der Waals surface area contributed by atoms with E-state index < -0.39 is 0 Å². The molecule has 1 aromatic heterocycles. The van der Waals surface area contributed by atoms with Crippen molar-refractivity contribution in [3.05, 3.63) is 23.4 Å². The first kappa shape index (κ1) is 26.3. The molecule has 6 nitrogen and oxygen atoms in total. The van der Waals surface area contributed by atoms with Gasteiger partial charge in [-0.3, -0.25) is 14.9 Å².